The Morgan fingerprint density at radius 1 is 0.969 bits per heavy atom. The van der Waals surface area contributed by atoms with Crippen molar-refractivity contribution in [2.24, 2.45) is 0 Å². The first-order valence-electron chi connectivity index (χ1n) is 10.3. The fourth-order valence-corrected chi connectivity index (χ4v) is 5.04. The van der Waals surface area contributed by atoms with Gasteiger partial charge in [0.15, 0.2) is 0 Å². The van der Waals surface area contributed by atoms with E-state index in [-0.39, 0.29) is 17.5 Å². The van der Waals surface area contributed by atoms with Crippen molar-refractivity contribution in [2.75, 3.05) is 18.0 Å². The van der Waals surface area contributed by atoms with E-state index < -0.39 is 15.9 Å². The van der Waals surface area contributed by atoms with Gasteiger partial charge in [0, 0.05) is 5.56 Å². The molecule has 1 atom stereocenters. The summed E-state index contributed by atoms with van der Waals surface area (Å²) >= 11 is 0. The summed E-state index contributed by atoms with van der Waals surface area (Å²) in [4.78, 5) is 13.2. The number of nitrogens with one attached hydrogen (secondary N) is 1. The molecule has 0 saturated carbocycles. The lowest BCUT2D eigenvalue weighted by atomic mass is 10.1. The average molecular weight is 453 g/mol. The number of nitrogens with zero attached hydrogens (tertiary/aromatic N) is 1. The molecule has 3 rings (SSSR count). The fraction of sp³-hybridized carbons (Fsp3) is 0.240. The molecule has 3 aromatic rings. The molecule has 0 radical (unpaired) electrons. The smallest absolute Gasteiger partial charge is 0.264 e. The van der Waals surface area contributed by atoms with Crippen molar-refractivity contribution in [1.82, 2.24) is 5.32 Å². The van der Waals surface area contributed by atoms with Gasteiger partial charge in [-0.3, -0.25) is 9.10 Å². The molecular weight excluding hydrogens is 424 g/mol. The third-order valence-electron chi connectivity index (χ3n) is 5.45. The maximum Gasteiger partial charge on any atom is 0.264 e. The molecule has 3 aromatic carbocycles. The Balaban J connectivity index is 1.94. The third-order valence-corrected chi connectivity index (χ3v) is 7.22. The van der Waals surface area contributed by atoms with Gasteiger partial charge in [-0.2, -0.15) is 0 Å². The molecule has 7 heteroatoms. The van der Waals surface area contributed by atoms with Crippen LogP contribution in [-0.2, 0) is 14.8 Å². The van der Waals surface area contributed by atoms with Gasteiger partial charge in [-0.15, -0.1) is 0 Å². The van der Waals surface area contributed by atoms with Crippen molar-refractivity contribution in [2.45, 2.75) is 31.7 Å². The van der Waals surface area contributed by atoms with Crippen LogP contribution in [0.2, 0.25) is 0 Å². The van der Waals surface area contributed by atoms with Gasteiger partial charge >= 0.3 is 0 Å². The lowest BCUT2D eigenvalue weighted by molar-refractivity contribution is -0.120. The normalized spacial score (nSPS) is 12.1. The highest BCUT2D eigenvalue weighted by Gasteiger charge is 2.29. The second-order valence-corrected chi connectivity index (χ2v) is 9.44. The molecule has 6 nitrogen and oxygen atoms in total. The third kappa shape index (κ3) is 4.94. The highest BCUT2D eigenvalue weighted by atomic mass is 32.2. The molecular formula is C25H28N2O4S. The highest BCUT2D eigenvalue weighted by molar-refractivity contribution is 7.92. The molecule has 1 N–H and O–H groups in total. The van der Waals surface area contributed by atoms with Gasteiger partial charge in [-0.25, -0.2) is 8.42 Å². The number of aryl methyl sites for hydroxylation is 1. The minimum atomic E-state index is -3.95. The van der Waals surface area contributed by atoms with E-state index in [0.717, 1.165) is 16.7 Å². The number of amides is 1. The Labute approximate surface area is 189 Å². The average Bonchev–Trinajstić information content (AvgIpc) is 2.80. The molecule has 1 amide bonds. The van der Waals surface area contributed by atoms with Gasteiger partial charge in [0.2, 0.25) is 5.91 Å². The van der Waals surface area contributed by atoms with E-state index in [1.54, 1.807) is 37.4 Å². The molecule has 0 aromatic heterocycles. The van der Waals surface area contributed by atoms with Gasteiger partial charge in [0.1, 0.15) is 12.3 Å². The van der Waals surface area contributed by atoms with E-state index in [1.807, 2.05) is 51.1 Å². The van der Waals surface area contributed by atoms with Crippen LogP contribution in [0.4, 0.5) is 5.69 Å². The number of anilines is 1. The molecule has 0 unspecified atom stereocenters. The second kappa shape index (κ2) is 9.87. The molecule has 0 aliphatic heterocycles. The number of sulfonamides is 1. The first kappa shape index (κ1) is 23.3. The minimum absolute atomic E-state index is 0.131. The molecule has 0 spiro atoms. The number of rotatable bonds is 8. The zero-order chi connectivity index (χ0) is 23.3. The predicted molar refractivity (Wildman–Crippen MR) is 126 cm³/mol. The molecule has 0 heterocycles. The van der Waals surface area contributed by atoms with E-state index in [0.29, 0.717) is 11.4 Å². The van der Waals surface area contributed by atoms with Gasteiger partial charge in [0.05, 0.1) is 23.7 Å². The molecule has 168 valence electrons. The number of para-hydroxylation sites is 1. The summed E-state index contributed by atoms with van der Waals surface area (Å²) in [5.41, 5.74) is 3.04. The molecule has 0 fully saturated rings. The molecule has 0 aliphatic carbocycles. The van der Waals surface area contributed by atoms with E-state index in [2.05, 4.69) is 5.32 Å². The van der Waals surface area contributed by atoms with Crippen molar-refractivity contribution in [3.8, 4) is 5.75 Å². The minimum Gasteiger partial charge on any atom is -0.496 e. The molecule has 0 aliphatic rings. The summed E-state index contributed by atoms with van der Waals surface area (Å²) in [6.07, 6.45) is 0. The first-order chi connectivity index (χ1) is 15.3. The van der Waals surface area contributed by atoms with Crippen LogP contribution < -0.4 is 14.4 Å². The summed E-state index contributed by atoms with van der Waals surface area (Å²) in [5, 5.41) is 2.90. The molecule has 0 saturated heterocycles. The second-order valence-electron chi connectivity index (χ2n) is 7.57. The number of methoxy groups -OCH3 is 1. The Morgan fingerprint density at radius 3 is 2.31 bits per heavy atom. The zero-order valence-corrected chi connectivity index (χ0v) is 19.5. The van der Waals surface area contributed by atoms with Crippen LogP contribution >= 0.6 is 0 Å². The van der Waals surface area contributed by atoms with Gasteiger partial charge in [0.25, 0.3) is 10.0 Å². The van der Waals surface area contributed by atoms with Gasteiger partial charge < -0.3 is 10.1 Å². The fourth-order valence-electron chi connectivity index (χ4n) is 3.54. The largest absolute Gasteiger partial charge is 0.496 e. The highest BCUT2D eigenvalue weighted by Crippen LogP contribution is 2.29. The Morgan fingerprint density at radius 2 is 1.62 bits per heavy atom. The maximum absolute atomic E-state index is 13.5. The van der Waals surface area contributed by atoms with Crippen molar-refractivity contribution >= 4 is 21.6 Å². The summed E-state index contributed by atoms with van der Waals surface area (Å²) in [6.45, 7) is 5.26. The SMILES string of the molecule is COc1ccccc1[C@H](C)NC(=O)CN(c1cccc(C)c1C)S(=O)(=O)c1ccccc1. The first-order valence-corrected chi connectivity index (χ1v) is 11.8. The lowest BCUT2D eigenvalue weighted by Crippen LogP contribution is -2.42. The number of carbonyl (C=O) groups is 1. The topological polar surface area (TPSA) is 75.7 Å². The Hall–Kier alpha value is -3.32. The summed E-state index contributed by atoms with van der Waals surface area (Å²) in [5.74, 6) is 0.243. The van der Waals surface area contributed by atoms with Gasteiger partial charge in [-0.05, 0) is 56.2 Å². The van der Waals surface area contributed by atoms with Crippen LogP contribution in [0.15, 0.2) is 77.7 Å². The number of ether oxygens (including phenoxy) is 1. The van der Waals surface area contributed by atoms with E-state index >= 15 is 0 Å². The maximum atomic E-state index is 13.5. The quantitative estimate of drug-likeness (QED) is 0.550. The van der Waals surface area contributed by atoms with Crippen LogP contribution in [0.1, 0.15) is 29.7 Å². The van der Waals surface area contributed by atoms with E-state index in [4.69, 9.17) is 4.74 Å². The van der Waals surface area contributed by atoms with E-state index in [1.165, 1.54) is 16.4 Å². The van der Waals surface area contributed by atoms with Crippen molar-refractivity contribution in [3.05, 3.63) is 89.5 Å². The summed E-state index contributed by atoms with van der Waals surface area (Å²) in [6, 6.07) is 20.6. The number of benzene rings is 3. The van der Waals surface area contributed by atoms with Crippen LogP contribution in [-0.4, -0.2) is 28.0 Å². The Bertz CT molecular complexity index is 1190. The van der Waals surface area contributed by atoms with E-state index in [9.17, 15) is 13.2 Å². The molecule has 0 bridgehead atoms. The Kier molecular flexibility index (Phi) is 7.20. The number of carbonyl (C=O) groups excluding carboxylic acids is 1. The standard InChI is InChI=1S/C25H28N2O4S/c1-18-11-10-15-23(19(18)2)27(32(29,30)21-12-6-5-7-13-21)17-25(28)26-20(3)22-14-8-9-16-24(22)31-4/h5-16,20H,17H2,1-4H3,(H,26,28)/t20-/m0/s1. The molecule has 32 heavy (non-hydrogen) atoms. The zero-order valence-electron chi connectivity index (χ0n) is 18.7. The van der Waals surface area contributed by atoms with Crippen LogP contribution in [0.25, 0.3) is 0 Å². The van der Waals surface area contributed by atoms with Crippen molar-refractivity contribution in [3.63, 3.8) is 0 Å². The van der Waals surface area contributed by atoms with Crippen LogP contribution in [0.5, 0.6) is 5.75 Å². The van der Waals surface area contributed by atoms with Crippen molar-refractivity contribution < 1.29 is 17.9 Å². The monoisotopic (exact) mass is 452 g/mol. The predicted octanol–water partition coefficient (Wildman–Crippen LogP) is 4.38. The van der Waals surface area contributed by atoms with Crippen LogP contribution in [0, 0.1) is 13.8 Å². The van der Waals surface area contributed by atoms with Gasteiger partial charge in [-0.1, -0.05) is 48.5 Å². The summed E-state index contributed by atoms with van der Waals surface area (Å²) < 4.78 is 33.6. The summed E-state index contributed by atoms with van der Waals surface area (Å²) in [7, 11) is -2.38. The number of hydrogen-bond acceptors (Lipinski definition) is 4. The van der Waals surface area contributed by atoms with Crippen LogP contribution in [0.3, 0.4) is 0 Å². The number of hydrogen-bond donors (Lipinski definition) is 1. The lowest BCUT2D eigenvalue weighted by Gasteiger charge is -2.27. The van der Waals surface area contributed by atoms with Crippen molar-refractivity contribution in [1.29, 1.82) is 0 Å².